The fourth-order valence-electron chi connectivity index (χ4n) is 0.925. The molecular weight excluding hydrogens is 269 g/mol. The summed E-state index contributed by atoms with van der Waals surface area (Å²) in [5.41, 5.74) is -0.405. The third-order valence-electron chi connectivity index (χ3n) is 1.56. The van der Waals surface area contributed by atoms with Crippen LogP contribution in [0.5, 0.6) is 5.75 Å². The fraction of sp³-hybridized carbons (Fsp3) is 0.111. The van der Waals surface area contributed by atoms with E-state index in [0.717, 1.165) is 6.07 Å². The van der Waals surface area contributed by atoms with E-state index in [0.29, 0.717) is 0 Å². The molecule has 0 unspecified atom stereocenters. The zero-order chi connectivity index (χ0) is 11.4. The van der Waals surface area contributed by atoms with Crippen LogP contribution in [-0.4, -0.2) is 11.5 Å². The average molecular weight is 276 g/mol. The highest BCUT2D eigenvalue weighted by Gasteiger charge is 2.18. The second kappa shape index (κ2) is 4.88. The summed E-state index contributed by atoms with van der Waals surface area (Å²) in [5.74, 6) is -0.694. The van der Waals surface area contributed by atoms with Gasteiger partial charge in [0, 0.05) is 6.07 Å². The molecule has 1 rings (SSSR count). The van der Waals surface area contributed by atoms with Crippen LogP contribution in [0.4, 0.5) is 10.1 Å². The Morgan fingerprint density at radius 3 is 2.87 bits per heavy atom. The molecule has 0 aromatic heterocycles. The minimum Gasteiger partial charge on any atom is -0.483 e. The van der Waals surface area contributed by atoms with Crippen LogP contribution in [0.15, 0.2) is 29.3 Å². The molecule has 6 heteroatoms. The van der Waals surface area contributed by atoms with Gasteiger partial charge >= 0.3 is 5.69 Å². The summed E-state index contributed by atoms with van der Waals surface area (Å²) in [6.45, 7) is 3.53. The van der Waals surface area contributed by atoms with Crippen molar-refractivity contribution in [2.75, 3.05) is 6.61 Å². The highest BCUT2D eigenvalue weighted by molar-refractivity contribution is 9.10. The van der Waals surface area contributed by atoms with Crippen LogP contribution in [0.2, 0.25) is 0 Å². The first-order valence-electron chi connectivity index (χ1n) is 3.93. The lowest BCUT2D eigenvalue weighted by Crippen LogP contribution is -1.99. The molecule has 80 valence electrons. The second-order valence-corrected chi connectivity index (χ2v) is 3.45. The van der Waals surface area contributed by atoms with E-state index in [2.05, 4.69) is 22.5 Å². The van der Waals surface area contributed by atoms with Gasteiger partial charge in [-0.3, -0.25) is 10.1 Å². The Morgan fingerprint density at radius 2 is 2.33 bits per heavy atom. The van der Waals surface area contributed by atoms with Crippen molar-refractivity contribution in [2.24, 2.45) is 0 Å². The van der Waals surface area contributed by atoms with E-state index in [9.17, 15) is 14.5 Å². The number of nitro benzene ring substituents is 1. The van der Waals surface area contributed by atoms with Crippen LogP contribution in [-0.2, 0) is 0 Å². The molecule has 0 fully saturated rings. The van der Waals surface area contributed by atoms with Gasteiger partial charge in [-0.25, -0.2) is 4.39 Å². The van der Waals surface area contributed by atoms with Crippen molar-refractivity contribution in [2.45, 2.75) is 0 Å². The molecule has 0 heterocycles. The molecule has 0 saturated carbocycles. The summed E-state index contributed by atoms with van der Waals surface area (Å²) in [6, 6.07) is 2.03. The van der Waals surface area contributed by atoms with Crippen LogP contribution in [0.25, 0.3) is 0 Å². The van der Waals surface area contributed by atoms with Crippen LogP contribution in [0, 0.1) is 15.9 Å². The first kappa shape index (κ1) is 11.6. The van der Waals surface area contributed by atoms with Crippen molar-refractivity contribution in [3.05, 3.63) is 45.2 Å². The Hall–Kier alpha value is -1.43. The van der Waals surface area contributed by atoms with Crippen molar-refractivity contribution < 1.29 is 14.1 Å². The fourth-order valence-corrected chi connectivity index (χ4v) is 1.25. The van der Waals surface area contributed by atoms with Crippen molar-refractivity contribution >= 4 is 21.6 Å². The molecule has 0 aliphatic rings. The smallest absolute Gasteiger partial charge is 0.313 e. The summed E-state index contributed by atoms with van der Waals surface area (Å²) in [6.07, 6.45) is 1.45. The molecular formula is C9H7BrFNO3. The van der Waals surface area contributed by atoms with Crippen molar-refractivity contribution in [1.29, 1.82) is 0 Å². The molecule has 0 saturated heterocycles. The lowest BCUT2D eigenvalue weighted by Gasteiger charge is -2.05. The molecule has 0 aliphatic carbocycles. The van der Waals surface area contributed by atoms with Gasteiger partial charge in [-0.15, -0.1) is 0 Å². The van der Waals surface area contributed by atoms with Crippen molar-refractivity contribution in [3.63, 3.8) is 0 Å². The van der Waals surface area contributed by atoms with E-state index in [-0.39, 0.29) is 16.8 Å². The monoisotopic (exact) mass is 275 g/mol. The van der Waals surface area contributed by atoms with Gasteiger partial charge in [0.1, 0.15) is 12.4 Å². The van der Waals surface area contributed by atoms with Crippen LogP contribution < -0.4 is 4.74 Å². The SMILES string of the molecule is C=CCOc1cc(Br)c(F)cc1[N+](=O)[O-]. The molecule has 0 aliphatic heterocycles. The highest BCUT2D eigenvalue weighted by atomic mass is 79.9. The lowest BCUT2D eigenvalue weighted by atomic mass is 10.3. The Bertz CT molecular complexity index is 409. The first-order chi connectivity index (χ1) is 7.06. The van der Waals surface area contributed by atoms with Crippen LogP contribution >= 0.6 is 15.9 Å². The number of nitrogens with zero attached hydrogens (tertiary/aromatic N) is 1. The largest absolute Gasteiger partial charge is 0.483 e. The quantitative estimate of drug-likeness (QED) is 0.482. The maximum absolute atomic E-state index is 13.0. The van der Waals surface area contributed by atoms with E-state index in [1.165, 1.54) is 12.1 Å². The minimum atomic E-state index is -0.701. The first-order valence-corrected chi connectivity index (χ1v) is 4.72. The Labute approximate surface area is 93.6 Å². The molecule has 0 radical (unpaired) electrons. The molecule has 0 bridgehead atoms. The summed E-state index contributed by atoms with van der Waals surface area (Å²) >= 11 is 2.92. The normalized spacial score (nSPS) is 9.73. The Balaban J connectivity index is 3.15. The summed E-state index contributed by atoms with van der Waals surface area (Å²) in [7, 11) is 0. The highest BCUT2D eigenvalue weighted by Crippen LogP contribution is 2.32. The van der Waals surface area contributed by atoms with Crippen LogP contribution in [0.1, 0.15) is 0 Å². The predicted molar refractivity (Wildman–Crippen MR) is 56.4 cm³/mol. The number of hydrogen-bond donors (Lipinski definition) is 0. The van der Waals surface area contributed by atoms with Gasteiger partial charge in [0.25, 0.3) is 0 Å². The standard InChI is InChI=1S/C9H7BrFNO3/c1-2-3-15-9-4-6(10)7(11)5-8(9)12(13)14/h2,4-5H,1,3H2. The molecule has 0 amide bonds. The number of nitro groups is 1. The van der Waals surface area contributed by atoms with Crippen molar-refractivity contribution in [3.8, 4) is 5.75 Å². The van der Waals surface area contributed by atoms with E-state index in [1.54, 1.807) is 0 Å². The molecule has 1 aromatic carbocycles. The van der Waals surface area contributed by atoms with Gasteiger partial charge in [0.05, 0.1) is 15.5 Å². The molecule has 4 nitrogen and oxygen atoms in total. The second-order valence-electron chi connectivity index (χ2n) is 2.59. The Kier molecular flexibility index (Phi) is 3.79. The number of rotatable bonds is 4. The van der Waals surface area contributed by atoms with Crippen molar-refractivity contribution in [1.82, 2.24) is 0 Å². The number of halogens is 2. The van der Waals surface area contributed by atoms with Gasteiger partial charge in [-0.1, -0.05) is 12.7 Å². The molecule has 0 spiro atoms. The molecule has 1 aromatic rings. The zero-order valence-corrected chi connectivity index (χ0v) is 9.16. The Morgan fingerprint density at radius 1 is 1.67 bits per heavy atom. The maximum Gasteiger partial charge on any atom is 0.313 e. The molecule has 0 N–H and O–H groups in total. The topological polar surface area (TPSA) is 52.4 Å². The van der Waals surface area contributed by atoms with E-state index in [4.69, 9.17) is 4.74 Å². The van der Waals surface area contributed by atoms with Gasteiger partial charge in [0.15, 0.2) is 5.75 Å². The zero-order valence-electron chi connectivity index (χ0n) is 7.57. The van der Waals surface area contributed by atoms with Crippen LogP contribution in [0.3, 0.4) is 0 Å². The third kappa shape index (κ3) is 2.76. The van der Waals surface area contributed by atoms with Gasteiger partial charge in [0.2, 0.25) is 0 Å². The van der Waals surface area contributed by atoms with E-state index >= 15 is 0 Å². The lowest BCUT2D eigenvalue weighted by molar-refractivity contribution is -0.386. The molecule has 15 heavy (non-hydrogen) atoms. The van der Waals surface area contributed by atoms with E-state index < -0.39 is 16.4 Å². The third-order valence-corrected chi connectivity index (χ3v) is 2.16. The van der Waals surface area contributed by atoms with E-state index in [1.807, 2.05) is 0 Å². The van der Waals surface area contributed by atoms with Gasteiger partial charge in [-0.2, -0.15) is 0 Å². The predicted octanol–water partition coefficient (Wildman–Crippen LogP) is 3.06. The van der Waals surface area contributed by atoms with Gasteiger partial charge in [-0.05, 0) is 15.9 Å². The number of hydrogen-bond acceptors (Lipinski definition) is 3. The minimum absolute atomic E-state index is 0.00757. The van der Waals surface area contributed by atoms with Gasteiger partial charge < -0.3 is 4.74 Å². The summed E-state index contributed by atoms with van der Waals surface area (Å²) in [4.78, 5) is 9.87. The summed E-state index contributed by atoms with van der Waals surface area (Å²) in [5, 5.41) is 10.6. The average Bonchev–Trinajstić information content (AvgIpc) is 2.19. The molecule has 0 atom stereocenters. The maximum atomic E-state index is 13.0. The number of benzene rings is 1. The summed E-state index contributed by atoms with van der Waals surface area (Å²) < 4.78 is 18.2. The number of ether oxygens (including phenoxy) is 1.